The van der Waals surface area contributed by atoms with E-state index in [2.05, 4.69) is 0 Å². The van der Waals surface area contributed by atoms with Gasteiger partial charge in [0.1, 0.15) is 4.75 Å². The fourth-order valence-corrected chi connectivity index (χ4v) is 2.77. The second-order valence-electron chi connectivity index (χ2n) is 4.45. The van der Waals surface area contributed by atoms with Crippen molar-refractivity contribution in [2.45, 2.75) is 18.6 Å². The van der Waals surface area contributed by atoms with Crippen LogP contribution in [0.5, 0.6) is 0 Å². The van der Waals surface area contributed by atoms with Crippen LogP contribution in [0.3, 0.4) is 0 Å². The number of benzene rings is 1. The van der Waals surface area contributed by atoms with E-state index in [1.165, 1.54) is 19.9 Å². The van der Waals surface area contributed by atoms with E-state index in [1.807, 2.05) is 0 Å². The molecule has 1 rings (SSSR count). The lowest BCUT2D eigenvalue weighted by atomic mass is 10.00. The lowest BCUT2D eigenvalue weighted by molar-refractivity contribution is 0.0954. The topological polar surface area (TPSA) is 51.2 Å². The molecular weight excluding hydrogens is 354 g/mol. The molecule has 0 heterocycles. The molecule has 0 atom stereocenters. The van der Waals surface area contributed by atoms with Gasteiger partial charge in [0.25, 0.3) is 0 Å². The zero-order valence-corrected chi connectivity index (χ0v) is 14.1. The Morgan fingerprint density at radius 1 is 1.05 bits per heavy atom. The van der Waals surface area contributed by atoms with Crippen LogP contribution in [0.2, 0.25) is 20.1 Å². The average Bonchev–Trinajstić information content (AvgIpc) is 2.24. The van der Waals surface area contributed by atoms with Crippen LogP contribution in [0.4, 0.5) is 0 Å². The molecule has 106 valence electrons. The highest BCUT2D eigenvalue weighted by molar-refractivity contribution is 7.92. The summed E-state index contributed by atoms with van der Waals surface area (Å²) in [5, 5.41) is -0.146. The Morgan fingerprint density at radius 3 is 1.95 bits per heavy atom. The van der Waals surface area contributed by atoms with Crippen LogP contribution >= 0.6 is 46.4 Å². The Kier molecular flexibility index (Phi) is 4.86. The molecule has 0 saturated carbocycles. The Balaban J connectivity index is 3.58. The second kappa shape index (κ2) is 5.41. The first-order chi connectivity index (χ1) is 8.41. The first-order valence-corrected chi connectivity index (χ1v) is 8.39. The Labute approximate surface area is 131 Å². The average molecular weight is 364 g/mol. The van der Waals surface area contributed by atoms with E-state index in [0.717, 1.165) is 6.26 Å². The van der Waals surface area contributed by atoms with Gasteiger partial charge < -0.3 is 0 Å². The number of hydrogen-bond donors (Lipinski definition) is 0. The molecule has 0 aliphatic heterocycles. The van der Waals surface area contributed by atoms with E-state index in [0.29, 0.717) is 0 Å². The van der Waals surface area contributed by atoms with E-state index >= 15 is 0 Å². The summed E-state index contributed by atoms with van der Waals surface area (Å²) in [6.45, 7) is 2.56. The molecule has 0 spiro atoms. The molecule has 0 amide bonds. The normalized spacial score (nSPS) is 12.6. The van der Waals surface area contributed by atoms with Crippen molar-refractivity contribution in [3.8, 4) is 0 Å². The molecule has 0 radical (unpaired) electrons. The zero-order valence-electron chi connectivity index (χ0n) is 10.2. The predicted octanol–water partition coefficient (Wildman–Crippen LogP) is 4.31. The number of hydrogen-bond acceptors (Lipinski definition) is 3. The minimum atomic E-state index is -3.65. The van der Waals surface area contributed by atoms with Crippen molar-refractivity contribution in [2.24, 2.45) is 0 Å². The van der Waals surface area contributed by atoms with Gasteiger partial charge in [-0.15, -0.1) is 0 Å². The SMILES string of the molecule is CC(C)(C(=O)c1c(Cl)cc(Cl)c(Cl)c1Cl)S(C)(=O)=O. The molecule has 0 unspecified atom stereocenters. The van der Waals surface area contributed by atoms with Crippen LogP contribution in [0, 0.1) is 0 Å². The summed E-state index contributed by atoms with van der Waals surface area (Å²) in [5.74, 6) is -0.733. The van der Waals surface area contributed by atoms with E-state index < -0.39 is 20.4 Å². The zero-order chi connectivity index (χ0) is 15.2. The summed E-state index contributed by atoms with van der Waals surface area (Å²) < 4.78 is 21.7. The summed E-state index contributed by atoms with van der Waals surface area (Å²) in [5.41, 5.74) is -0.145. The van der Waals surface area contributed by atoms with Crippen LogP contribution in [0.1, 0.15) is 24.2 Å². The lowest BCUT2D eigenvalue weighted by Crippen LogP contribution is -2.40. The van der Waals surface area contributed by atoms with Crippen LogP contribution in [0.25, 0.3) is 0 Å². The van der Waals surface area contributed by atoms with Crippen molar-refractivity contribution in [1.29, 1.82) is 0 Å². The van der Waals surface area contributed by atoms with Crippen LogP contribution < -0.4 is 0 Å². The highest BCUT2D eigenvalue weighted by Gasteiger charge is 2.41. The van der Waals surface area contributed by atoms with Gasteiger partial charge >= 0.3 is 0 Å². The van der Waals surface area contributed by atoms with E-state index in [1.54, 1.807) is 0 Å². The highest BCUT2D eigenvalue weighted by Crippen LogP contribution is 2.39. The predicted molar refractivity (Wildman–Crippen MR) is 79.7 cm³/mol. The fraction of sp³-hybridized carbons (Fsp3) is 0.364. The van der Waals surface area contributed by atoms with Crippen molar-refractivity contribution in [3.05, 3.63) is 31.7 Å². The lowest BCUT2D eigenvalue weighted by Gasteiger charge is -2.22. The molecule has 0 aromatic heterocycles. The monoisotopic (exact) mass is 362 g/mol. The second-order valence-corrected chi connectivity index (χ2v) is 8.59. The van der Waals surface area contributed by atoms with Crippen molar-refractivity contribution in [2.75, 3.05) is 6.26 Å². The van der Waals surface area contributed by atoms with E-state index in [-0.39, 0.29) is 25.7 Å². The van der Waals surface area contributed by atoms with Gasteiger partial charge in [-0.05, 0) is 19.9 Å². The summed E-state index contributed by atoms with van der Waals surface area (Å²) in [7, 11) is -3.65. The standard InChI is InChI=1S/C11H10Cl4O3S/c1-11(2,19(3,17)18)10(16)7-5(12)4-6(13)8(14)9(7)15/h4H,1-3H3. The van der Waals surface area contributed by atoms with Gasteiger partial charge in [0.05, 0.1) is 25.7 Å². The molecule has 8 heteroatoms. The van der Waals surface area contributed by atoms with Crippen LogP contribution in [0.15, 0.2) is 6.07 Å². The number of carbonyl (C=O) groups excluding carboxylic acids is 1. The Bertz CT molecular complexity index is 650. The molecule has 1 aromatic rings. The van der Waals surface area contributed by atoms with E-state index in [9.17, 15) is 13.2 Å². The molecular formula is C11H10Cl4O3S. The maximum atomic E-state index is 12.4. The van der Waals surface area contributed by atoms with Gasteiger partial charge in [0, 0.05) is 6.26 Å². The number of rotatable bonds is 3. The van der Waals surface area contributed by atoms with Crippen LogP contribution in [-0.2, 0) is 9.84 Å². The smallest absolute Gasteiger partial charge is 0.186 e. The Morgan fingerprint density at radius 2 is 1.53 bits per heavy atom. The van der Waals surface area contributed by atoms with Gasteiger partial charge in [-0.25, -0.2) is 8.42 Å². The molecule has 1 aromatic carbocycles. The molecule has 3 nitrogen and oxygen atoms in total. The fourth-order valence-electron chi connectivity index (χ4n) is 1.24. The Hall–Kier alpha value is -0.000000000000000167. The summed E-state index contributed by atoms with van der Waals surface area (Å²) in [6, 6.07) is 1.25. The van der Waals surface area contributed by atoms with E-state index in [4.69, 9.17) is 46.4 Å². The first kappa shape index (κ1) is 17.1. The minimum absolute atomic E-state index is 0.0406. The highest BCUT2D eigenvalue weighted by atomic mass is 35.5. The maximum absolute atomic E-state index is 12.4. The summed E-state index contributed by atoms with van der Waals surface area (Å²) in [6.07, 6.45) is 0.963. The van der Waals surface area contributed by atoms with Crippen molar-refractivity contribution >= 4 is 62.0 Å². The summed E-state index contributed by atoms with van der Waals surface area (Å²) in [4.78, 5) is 12.4. The summed E-state index contributed by atoms with van der Waals surface area (Å²) >= 11 is 23.5. The maximum Gasteiger partial charge on any atom is 0.186 e. The number of sulfone groups is 1. The number of carbonyl (C=O) groups is 1. The largest absolute Gasteiger partial charge is 0.292 e. The van der Waals surface area contributed by atoms with Crippen LogP contribution in [-0.4, -0.2) is 25.2 Å². The van der Waals surface area contributed by atoms with Crippen molar-refractivity contribution in [3.63, 3.8) is 0 Å². The number of halogens is 4. The quantitative estimate of drug-likeness (QED) is 0.456. The number of ketones is 1. The van der Waals surface area contributed by atoms with Gasteiger partial charge in [-0.3, -0.25) is 4.79 Å². The van der Waals surface area contributed by atoms with Crippen molar-refractivity contribution in [1.82, 2.24) is 0 Å². The van der Waals surface area contributed by atoms with Gasteiger partial charge in [0.2, 0.25) is 0 Å². The van der Waals surface area contributed by atoms with Gasteiger partial charge in [-0.1, -0.05) is 46.4 Å². The molecule has 0 N–H and O–H groups in total. The number of Topliss-reactive ketones (excluding diaryl/α,β-unsaturated/α-hetero) is 1. The third-order valence-corrected chi connectivity index (χ3v) is 6.41. The van der Waals surface area contributed by atoms with Crippen molar-refractivity contribution < 1.29 is 13.2 Å². The minimum Gasteiger partial charge on any atom is -0.292 e. The molecule has 0 saturated heterocycles. The third kappa shape index (κ3) is 3.03. The first-order valence-electron chi connectivity index (χ1n) is 4.98. The molecule has 0 bridgehead atoms. The van der Waals surface area contributed by atoms with Gasteiger partial charge in [-0.2, -0.15) is 0 Å². The van der Waals surface area contributed by atoms with Gasteiger partial charge in [0.15, 0.2) is 15.6 Å². The molecule has 19 heavy (non-hydrogen) atoms. The molecule has 0 fully saturated rings. The molecule has 0 aliphatic rings. The molecule has 0 aliphatic carbocycles. The third-order valence-electron chi connectivity index (χ3n) is 2.82.